The summed E-state index contributed by atoms with van der Waals surface area (Å²) < 4.78 is 0. The molecule has 2 heterocycles. The smallest absolute Gasteiger partial charge is 0.246 e. The van der Waals surface area contributed by atoms with Gasteiger partial charge in [-0.2, -0.15) is 0 Å². The van der Waals surface area contributed by atoms with Gasteiger partial charge in [-0.15, -0.1) is 11.8 Å². The van der Waals surface area contributed by atoms with Gasteiger partial charge in [-0.05, 0) is 17.7 Å². The molecule has 2 atom stereocenters. The number of carbonyl (C=O) groups is 2. The molecular formula is C16H20ClN3O2S. The van der Waals surface area contributed by atoms with Crippen LogP contribution in [0.15, 0.2) is 24.3 Å². The van der Waals surface area contributed by atoms with Crippen LogP contribution in [0.4, 0.5) is 0 Å². The monoisotopic (exact) mass is 353 g/mol. The molecule has 0 bridgehead atoms. The van der Waals surface area contributed by atoms with Gasteiger partial charge >= 0.3 is 0 Å². The molecule has 0 aliphatic carbocycles. The van der Waals surface area contributed by atoms with E-state index in [0.717, 1.165) is 12.1 Å². The number of hydrogen-bond acceptors (Lipinski definition) is 4. The highest BCUT2D eigenvalue weighted by atomic mass is 35.5. The quantitative estimate of drug-likeness (QED) is 0.879. The first-order chi connectivity index (χ1) is 11.1. The fourth-order valence-electron chi connectivity index (χ4n) is 3.13. The Hall–Kier alpha value is -1.24. The minimum Gasteiger partial charge on any atom is -0.331 e. The highest BCUT2D eigenvalue weighted by Gasteiger charge is 2.39. The third kappa shape index (κ3) is 3.49. The van der Waals surface area contributed by atoms with E-state index in [-0.39, 0.29) is 23.9 Å². The van der Waals surface area contributed by atoms with E-state index in [9.17, 15) is 9.59 Å². The molecule has 2 aliphatic heterocycles. The largest absolute Gasteiger partial charge is 0.331 e. The van der Waals surface area contributed by atoms with Gasteiger partial charge in [0.1, 0.15) is 6.04 Å². The third-order valence-electron chi connectivity index (χ3n) is 4.33. The number of nitrogens with one attached hydrogen (secondary N) is 1. The number of nitrogens with zero attached hydrogens (tertiary/aromatic N) is 2. The lowest BCUT2D eigenvalue weighted by Crippen LogP contribution is -2.55. The molecule has 23 heavy (non-hydrogen) atoms. The van der Waals surface area contributed by atoms with Gasteiger partial charge in [0.25, 0.3) is 0 Å². The third-order valence-corrected chi connectivity index (χ3v) is 5.58. The molecule has 2 unspecified atom stereocenters. The van der Waals surface area contributed by atoms with Crippen LogP contribution in [0.1, 0.15) is 18.5 Å². The SMILES string of the molecule is CC(=O)N1CSCC1C(=O)N1CCNCC1c1cccc(Cl)c1. The lowest BCUT2D eigenvalue weighted by molar-refractivity contribution is -0.144. The Balaban J connectivity index is 1.83. The van der Waals surface area contributed by atoms with Crippen molar-refractivity contribution in [3.63, 3.8) is 0 Å². The van der Waals surface area contributed by atoms with Crippen molar-refractivity contribution in [1.29, 1.82) is 0 Å². The van der Waals surface area contributed by atoms with Gasteiger partial charge in [-0.1, -0.05) is 23.7 Å². The zero-order valence-electron chi connectivity index (χ0n) is 13.0. The molecule has 1 aromatic carbocycles. The van der Waals surface area contributed by atoms with Gasteiger partial charge in [0.2, 0.25) is 11.8 Å². The van der Waals surface area contributed by atoms with Gasteiger partial charge in [0, 0.05) is 37.3 Å². The Morgan fingerprint density at radius 1 is 1.35 bits per heavy atom. The topological polar surface area (TPSA) is 52.7 Å². The molecule has 124 valence electrons. The van der Waals surface area contributed by atoms with Gasteiger partial charge in [-0.3, -0.25) is 9.59 Å². The van der Waals surface area contributed by atoms with E-state index in [4.69, 9.17) is 11.6 Å². The number of halogens is 1. The van der Waals surface area contributed by atoms with Crippen molar-refractivity contribution in [1.82, 2.24) is 15.1 Å². The van der Waals surface area contributed by atoms with Crippen LogP contribution >= 0.6 is 23.4 Å². The average molecular weight is 354 g/mol. The first kappa shape index (κ1) is 16.6. The van der Waals surface area contributed by atoms with Crippen LogP contribution < -0.4 is 5.32 Å². The second kappa shape index (κ2) is 7.11. The van der Waals surface area contributed by atoms with Crippen LogP contribution in [-0.2, 0) is 9.59 Å². The van der Waals surface area contributed by atoms with E-state index < -0.39 is 0 Å². The van der Waals surface area contributed by atoms with E-state index in [1.807, 2.05) is 29.2 Å². The molecule has 0 spiro atoms. The van der Waals surface area contributed by atoms with E-state index in [1.54, 1.807) is 16.7 Å². The number of amides is 2. The summed E-state index contributed by atoms with van der Waals surface area (Å²) in [6, 6.07) is 7.24. The predicted molar refractivity (Wildman–Crippen MR) is 92.4 cm³/mol. The van der Waals surface area contributed by atoms with E-state index in [2.05, 4.69) is 5.32 Å². The minimum atomic E-state index is -0.350. The summed E-state index contributed by atoms with van der Waals surface area (Å²) in [5.41, 5.74) is 1.03. The predicted octanol–water partition coefficient (Wildman–Crippen LogP) is 1.73. The maximum absolute atomic E-state index is 13.0. The number of rotatable bonds is 2. The van der Waals surface area contributed by atoms with Crippen molar-refractivity contribution in [3.05, 3.63) is 34.9 Å². The van der Waals surface area contributed by atoms with Crippen molar-refractivity contribution >= 4 is 35.2 Å². The van der Waals surface area contributed by atoms with Crippen LogP contribution in [0.2, 0.25) is 5.02 Å². The number of hydrogen-bond donors (Lipinski definition) is 1. The van der Waals surface area contributed by atoms with E-state index in [1.165, 1.54) is 6.92 Å². The van der Waals surface area contributed by atoms with Crippen LogP contribution in [0.25, 0.3) is 0 Å². The first-order valence-electron chi connectivity index (χ1n) is 7.69. The van der Waals surface area contributed by atoms with Crippen molar-refractivity contribution in [2.75, 3.05) is 31.3 Å². The summed E-state index contributed by atoms with van der Waals surface area (Å²) in [7, 11) is 0. The molecule has 1 N–H and O–H groups in total. The Labute approximate surface area is 145 Å². The maximum Gasteiger partial charge on any atom is 0.246 e. The minimum absolute atomic E-state index is 0.0386. The average Bonchev–Trinajstić information content (AvgIpc) is 3.04. The van der Waals surface area contributed by atoms with Crippen LogP contribution in [0.5, 0.6) is 0 Å². The Kier molecular flexibility index (Phi) is 5.14. The summed E-state index contributed by atoms with van der Waals surface area (Å²) in [5, 5.41) is 4.01. The van der Waals surface area contributed by atoms with Crippen molar-refractivity contribution in [3.8, 4) is 0 Å². The van der Waals surface area contributed by atoms with Crippen molar-refractivity contribution in [2.24, 2.45) is 0 Å². The van der Waals surface area contributed by atoms with Gasteiger partial charge < -0.3 is 15.1 Å². The lowest BCUT2D eigenvalue weighted by Gasteiger charge is -2.39. The summed E-state index contributed by atoms with van der Waals surface area (Å²) in [5.74, 6) is 1.27. The highest BCUT2D eigenvalue weighted by Crippen LogP contribution is 2.29. The molecule has 2 amide bonds. The van der Waals surface area contributed by atoms with Crippen LogP contribution in [0.3, 0.4) is 0 Å². The molecule has 1 aromatic rings. The van der Waals surface area contributed by atoms with Crippen LogP contribution in [-0.4, -0.2) is 58.9 Å². The molecular weight excluding hydrogens is 334 g/mol. The van der Waals surface area contributed by atoms with Gasteiger partial charge in [0.05, 0.1) is 11.9 Å². The lowest BCUT2D eigenvalue weighted by atomic mass is 10.0. The zero-order valence-corrected chi connectivity index (χ0v) is 14.6. The molecule has 2 aliphatic rings. The summed E-state index contributed by atoms with van der Waals surface area (Å²) in [4.78, 5) is 28.4. The Morgan fingerprint density at radius 3 is 2.91 bits per heavy atom. The first-order valence-corrected chi connectivity index (χ1v) is 9.23. The van der Waals surface area contributed by atoms with Crippen molar-refractivity contribution < 1.29 is 9.59 Å². The second-order valence-corrected chi connectivity index (χ2v) is 7.25. The second-order valence-electron chi connectivity index (χ2n) is 5.81. The molecule has 2 saturated heterocycles. The number of piperazine rings is 1. The fourth-order valence-corrected chi connectivity index (χ4v) is 4.54. The van der Waals surface area contributed by atoms with Gasteiger partial charge in [0.15, 0.2) is 0 Å². The molecule has 0 aromatic heterocycles. The Bertz CT molecular complexity index is 613. The van der Waals surface area contributed by atoms with Crippen LogP contribution in [0, 0.1) is 0 Å². The van der Waals surface area contributed by atoms with Gasteiger partial charge in [-0.25, -0.2) is 0 Å². The molecule has 0 radical (unpaired) electrons. The summed E-state index contributed by atoms with van der Waals surface area (Å²) >= 11 is 7.73. The zero-order chi connectivity index (χ0) is 16.4. The number of thioether (sulfide) groups is 1. The summed E-state index contributed by atoms with van der Waals surface area (Å²) in [6.07, 6.45) is 0. The Morgan fingerprint density at radius 2 is 2.17 bits per heavy atom. The molecule has 3 rings (SSSR count). The number of carbonyl (C=O) groups excluding carboxylic acids is 2. The van der Waals surface area contributed by atoms with Crippen molar-refractivity contribution in [2.45, 2.75) is 19.0 Å². The molecule has 0 saturated carbocycles. The van der Waals surface area contributed by atoms with E-state index in [0.29, 0.717) is 29.7 Å². The molecule has 2 fully saturated rings. The normalized spacial score (nSPS) is 24.8. The standard InChI is InChI=1S/C16H20ClN3O2S/c1-11(21)20-10-23-9-15(20)16(22)19-6-5-18-8-14(19)12-3-2-4-13(17)7-12/h2-4,7,14-15,18H,5-6,8-10H2,1H3. The highest BCUT2D eigenvalue weighted by molar-refractivity contribution is 7.99. The molecule has 7 heteroatoms. The maximum atomic E-state index is 13.0. The summed E-state index contributed by atoms with van der Waals surface area (Å²) in [6.45, 7) is 3.63. The molecule has 5 nitrogen and oxygen atoms in total. The number of benzene rings is 1. The fraction of sp³-hybridized carbons (Fsp3) is 0.500. The van der Waals surface area contributed by atoms with E-state index >= 15 is 0 Å².